The zero-order chi connectivity index (χ0) is 14.7. The Morgan fingerprint density at radius 2 is 2.25 bits per heavy atom. The quantitative estimate of drug-likeness (QED) is 0.608. The molecule has 4 nitrogen and oxygen atoms in total. The molecule has 1 heterocycles. The van der Waals surface area contributed by atoms with Crippen molar-refractivity contribution in [2.75, 3.05) is 24.8 Å². The van der Waals surface area contributed by atoms with E-state index in [0.29, 0.717) is 5.92 Å². The largest absolute Gasteiger partial charge is 0.371 e. The van der Waals surface area contributed by atoms with E-state index in [-0.39, 0.29) is 0 Å². The van der Waals surface area contributed by atoms with Gasteiger partial charge in [-0.25, -0.2) is 4.98 Å². The van der Waals surface area contributed by atoms with Crippen LogP contribution in [0, 0.1) is 5.92 Å². The van der Waals surface area contributed by atoms with Crippen LogP contribution in [0.15, 0.2) is 40.7 Å². The van der Waals surface area contributed by atoms with Gasteiger partial charge in [0, 0.05) is 36.4 Å². The molecule has 0 spiro atoms. The Balaban J connectivity index is 2.19. The Hall–Kier alpha value is -1.49. The first-order valence-electron chi connectivity index (χ1n) is 6.72. The molecule has 1 saturated carbocycles. The fraction of sp³-hybridized carbons (Fsp3) is 0.400. The van der Waals surface area contributed by atoms with Gasteiger partial charge in [-0.1, -0.05) is 12.2 Å². The van der Waals surface area contributed by atoms with E-state index in [1.807, 2.05) is 27.1 Å². The van der Waals surface area contributed by atoms with Crippen molar-refractivity contribution in [3.63, 3.8) is 0 Å². The number of allylic oxidation sites excluding steroid dienone is 3. The summed E-state index contributed by atoms with van der Waals surface area (Å²) in [6.45, 7) is 6.00. The molecule has 108 valence electrons. The van der Waals surface area contributed by atoms with Crippen molar-refractivity contribution >= 4 is 27.4 Å². The van der Waals surface area contributed by atoms with Crippen molar-refractivity contribution in [2.45, 2.75) is 19.8 Å². The highest BCUT2D eigenvalue weighted by Crippen LogP contribution is 2.38. The molecule has 0 radical (unpaired) electrons. The van der Waals surface area contributed by atoms with Crippen LogP contribution in [0.25, 0.3) is 0 Å². The molecule has 0 aromatic carbocycles. The van der Waals surface area contributed by atoms with E-state index in [1.165, 1.54) is 18.5 Å². The summed E-state index contributed by atoms with van der Waals surface area (Å²) in [4.78, 5) is 4.35. The van der Waals surface area contributed by atoms with Crippen molar-refractivity contribution < 1.29 is 0 Å². The molecule has 2 rings (SSSR count). The van der Waals surface area contributed by atoms with Gasteiger partial charge < -0.3 is 5.32 Å². The molecule has 1 aromatic rings. The molecule has 1 aromatic heterocycles. The molecule has 0 amide bonds. The summed E-state index contributed by atoms with van der Waals surface area (Å²) < 4.78 is 0.948. The van der Waals surface area contributed by atoms with Crippen molar-refractivity contribution in [2.24, 2.45) is 5.92 Å². The van der Waals surface area contributed by atoms with Gasteiger partial charge in [0.2, 0.25) is 0 Å². The summed E-state index contributed by atoms with van der Waals surface area (Å²) in [7, 11) is 3.90. The van der Waals surface area contributed by atoms with Gasteiger partial charge in [-0.3, -0.25) is 10.4 Å². The third kappa shape index (κ3) is 3.76. The number of halogens is 1. The number of anilines is 2. The minimum atomic E-state index is 0.641. The number of hydrogen-bond donors (Lipinski definition) is 2. The standard InChI is InChI=1S/C15H21BrN4/c1-10(2)7-14(11-5-6-11)20(4)19-13-8-12(16)9-18-15(13)17-3/h7-9,11,19H,1,5-6H2,2-4H3,(H,17,18)/b14-7-. The molecule has 1 aliphatic rings. The predicted molar refractivity (Wildman–Crippen MR) is 88.5 cm³/mol. The van der Waals surface area contributed by atoms with E-state index in [0.717, 1.165) is 21.6 Å². The normalized spacial score (nSPS) is 14.9. The average molecular weight is 337 g/mol. The van der Waals surface area contributed by atoms with Crippen molar-refractivity contribution in [3.05, 3.63) is 40.7 Å². The molecule has 0 atom stereocenters. The second kappa shape index (κ2) is 6.31. The maximum Gasteiger partial charge on any atom is 0.151 e. The smallest absolute Gasteiger partial charge is 0.151 e. The second-order valence-electron chi connectivity index (χ2n) is 5.16. The van der Waals surface area contributed by atoms with E-state index in [1.54, 1.807) is 6.20 Å². The first kappa shape index (κ1) is 14.9. The van der Waals surface area contributed by atoms with Gasteiger partial charge in [0.25, 0.3) is 0 Å². The monoisotopic (exact) mass is 336 g/mol. The minimum absolute atomic E-state index is 0.641. The van der Waals surface area contributed by atoms with Crippen molar-refractivity contribution in [1.29, 1.82) is 0 Å². The Morgan fingerprint density at radius 3 is 2.80 bits per heavy atom. The molecule has 0 unspecified atom stereocenters. The summed E-state index contributed by atoms with van der Waals surface area (Å²) in [6, 6.07) is 2.01. The highest BCUT2D eigenvalue weighted by molar-refractivity contribution is 9.10. The van der Waals surface area contributed by atoms with Gasteiger partial charge in [0.05, 0.1) is 5.69 Å². The number of nitrogens with zero attached hydrogens (tertiary/aromatic N) is 2. The lowest BCUT2D eigenvalue weighted by molar-refractivity contribution is 0.470. The van der Waals surface area contributed by atoms with Crippen LogP contribution in [-0.2, 0) is 0 Å². The highest BCUT2D eigenvalue weighted by Gasteiger charge is 2.28. The first-order valence-corrected chi connectivity index (χ1v) is 7.51. The SMILES string of the molecule is C=C(C)/C=C(/C1CC1)N(C)Nc1cc(Br)cnc1NC. The molecule has 1 aliphatic carbocycles. The van der Waals surface area contributed by atoms with Gasteiger partial charge in [0.15, 0.2) is 5.82 Å². The number of nitrogens with one attached hydrogen (secondary N) is 2. The van der Waals surface area contributed by atoms with E-state index >= 15 is 0 Å². The van der Waals surface area contributed by atoms with Crippen LogP contribution < -0.4 is 10.7 Å². The summed E-state index contributed by atoms with van der Waals surface area (Å²) >= 11 is 3.46. The highest BCUT2D eigenvalue weighted by atomic mass is 79.9. The molecule has 20 heavy (non-hydrogen) atoms. The lowest BCUT2D eigenvalue weighted by Gasteiger charge is -2.26. The number of rotatable bonds is 6. The maximum absolute atomic E-state index is 4.35. The number of pyridine rings is 1. The van der Waals surface area contributed by atoms with Crippen LogP contribution in [0.5, 0.6) is 0 Å². The molecule has 0 aliphatic heterocycles. The van der Waals surface area contributed by atoms with E-state index in [2.05, 4.69) is 49.3 Å². The Kier molecular flexibility index (Phi) is 4.70. The molecular weight excluding hydrogens is 316 g/mol. The van der Waals surface area contributed by atoms with Crippen LogP contribution >= 0.6 is 15.9 Å². The maximum atomic E-state index is 4.35. The van der Waals surface area contributed by atoms with Crippen LogP contribution in [-0.4, -0.2) is 24.1 Å². The van der Waals surface area contributed by atoms with Crippen LogP contribution in [0.1, 0.15) is 19.8 Å². The topological polar surface area (TPSA) is 40.2 Å². The number of hydrazine groups is 1. The zero-order valence-corrected chi connectivity index (χ0v) is 13.8. The molecule has 0 bridgehead atoms. The van der Waals surface area contributed by atoms with E-state index in [9.17, 15) is 0 Å². The third-order valence-electron chi connectivity index (χ3n) is 3.16. The lowest BCUT2D eigenvalue weighted by Crippen LogP contribution is -2.26. The van der Waals surface area contributed by atoms with Crippen LogP contribution in [0.2, 0.25) is 0 Å². The fourth-order valence-electron chi connectivity index (χ4n) is 2.09. The number of aromatic nitrogens is 1. The Morgan fingerprint density at radius 1 is 1.55 bits per heavy atom. The van der Waals surface area contributed by atoms with Gasteiger partial charge in [-0.2, -0.15) is 0 Å². The third-order valence-corrected chi connectivity index (χ3v) is 3.59. The lowest BCUT2D eigenvalue weighted by atomic mass is 10.2. The van der Waals surface area contributed by atoms with Crippen molar-refractivity contribution in [1.82, 2.24) is 9.99 Å². The second-order valence-corrected chi connectivity index (χ2v) is 6.08. The zero-order valence-electron chi connectivity index (χ0n) is 12.2. The van der Waals surface area contributed by atoms with Gasteiger partial charge in [-0.15, -0.1) is 0 Å². The summed E-state index contributed by atoms with van der Waals surface area (Å²) in [6.07, 6.45) is 6.43. The average Bonchev–Trinajstić information content (AvgIpc) is 3.20. The summed E-state index contributed by atoms with van der Waals surface area (Å²) in [5.41, 5.74) is 6.69. The fourth-order valence-corrected chi connectivity index (χ4v) is 2.42. The minimum Gasteiger partial charge on any atom is -0.371 e. The van der Waals surface area contributed by atoms with E-state index < -0.39 is 0 Å². The molecular formula is C15H21BrN4. The molecule has 5 heteroatoms. The van der Waals surface area contributed by atoms with Gasteiger partial charge >= 0.3 is 0 Å². The molecule has 1 fully saturated rings. The summed E-state index contributed by atoms with van der Waals surface area (Å²) in [5.74, 6) is 1.47. The van der Waals surface area contributed by atoms with Gasteiger partial charge in [-0.05, 0) is 47.8 Å². The predicted octanol–water partition coefficient (Wildman–Crippen LogP) is 4.01. The molecule has 2 N–H and O–H groups in total. The van der Waals surface area contributed by atoms with Gasteiger partial charge in [0.1, 0.15) is 0 Å². The number of hydrogen-bond acceptors (Lipinski definition) is 4. The van der Waals surface area contributed by atoms with Crippen LogP contribution in [0.4, 0.5) is 11.5 Å². The molecule has 0 saturated heterocycles. The Bertz CT molecular complexity index is 535. The van der Waals surface area contributed by atoms with Crippen molar-refractivity contribution in [3.8, 4) is 0 Å². The summed E-state index contributed by atoms with van der Waals surface area (Å²) in [5, 5.41) is 5.16. The van der Waals surface area contributed by atoms with E-state index in [4.69, 9.17) is 0 Å². The Labute approximate surface area is 129 Å². The van der Waals surface area contributed by atoms with Crippen LogP contribution in [0.3, 0.4) is 0 Å². The first-order chi connectivity index (χ1) is 9.51.